The SMILES string of the molecule is C[n+]1ccn(-c2cc(O)ccc2[O-])c1. The van der Waals surface area contributed by atoms with E-state index in [1.54, 1.807) is 17.1 Å². The Balaban J connectivity index is 2.55. The van der Waals surface area contributed by atoms with Crippen molar-refractivity contribution in [2.24, 2.45) is 7.05 Å². The molecule has 0 atom stereocenters. The van der Waals surface area contributed by atoms with Gasteiger partial charge in [-0.1, -0.05) is 11.8 Å². The van der Waals surface area contributed by atoms with Crippen LogP contribution in [0, 0.1) is 0 Å². The normalized spacial score (nSPS) is 10.4. The Hall–Kier alpha value is -1.97. The molecule has 4 heteroatoms. The highest BCUT2D eigenvalue weighted by Crippen LogP contribution is 2.22. The molecular weight excluding hydrogens is 180 g/mol. The first-order chi connectivity index (χ1) is 6.66. The monoisotopic (exact) mass is 190 g/mol. The summed E-state index contributed by atoms with van der Waals surface area (Å²) in [6.07, 6.45) is 5.34. The van der Waals surface area contributed by atoms with Crippen LogP contribution in [-0.2, 0) is 7.05 Å². The minimum atomic E-state index is -0.112. The molecule has 1 N–H and O–H groups in total. The van der Waals surface area contributed by atoms with Crippen LogP contribution in [0.3, 0.4) is 0 Å². The van der Waals surface area contributed by atoms with E-state index in [2.05, 4.69) is 0 Å². The lowest BCUT2D eigenvalue weighted by atomic mass is 10.3. The summed E-state index contributed by atoms with van der Waals surface area (Å²) >= 11 is 0. The van der Waals surface area contributed by atoms with Crippen LogP contribution in [0.25, 0.3) is 5.69 Å². The molecule has 1 aromatic heterocycles. The van der Waals surface area contributed by atoms with Gasteiger partial charge in [0.2, 0.25) is 6.33 Å². The van der Waals surface area contributed by atoms with Gasteiger partial charge in [0.05, 0.1) is 7.05 Å². The standard InChI is InChI=1S/C10H10N2O2/c1-11-4-5-12(7-11)9-6-8(13)2-3-10(9)14/h2-7H,1H3,(H-,13,14). The fourth-order valence-electron chi connectivity index (χ4n) is 1.30. The minimum absolute atomic E-state index is 0.0935. The van der Waals surface area contributed by atoms with Crippen LogP contribution in [0.1, 0.15) is 0 Å². The molecule has 0 amide bonds. The summed E-state index contributed by atoms with van der Waals surface area (Å²) in [5.74, 6) is -0.0186. The van der Waals surface area contributed by atoms with Crippen LogP contribution in [0.4, 0.5) is 0 Å². The summed E-state index contributed by atoms with van der Waals surface area (Å²) in [6, 6.07) is 4.18. The predicted molar refractivity (Wildman–Crippen MR) is 48.1 cm³/mol. The average molecular weight is 190 g/mol. The Labute approximate surface area is 81.3 Å². The van der Waals surface area contributed by atoms with Gasteiger partial charge in [0.25, 0.3) is 0 Å². The Morgan fingerprint density at radius 1 is 1.43 bits per heavy atom. The van der Waals surface area contributed by atoms with Crippen LogP contribution in [0.2, 0.25) is 0 Å². The molecule has 0 bridgehead atoms. The average Bonchev–Trinajstić information content (AvgIpc) is 2.56. The summed E-state index contributed by atoms with van der Waals surface area (Å²) in [5.41, 5.74) is 0.450. The highest BCUT2D eigenvalue weighted by atomic mass is 16.3. The van der Waals surface area contributed by atoms with Gasteiger partial charge in [-0.2, -0.15) is 0 Å². The maximum absolute atomic E-state index is 11.4. The quantitative estimate of drug-likeness (QED) is 0.647. The van der Waals surface area contributed by atoms with Crippen LogP contribution in [0.15, 0.2) is 36.9 Å². The minimum Gasteiger partial charge on any atom is -0.870 e. The molecular formula is C10H10N2O2. The van der Waals surface area contributed by atoms with E-state index < -0.39 is 0 Å². The predicted octanol–water partition coefficient (Wildman–Crippen LogP) is 0.0810. The van der Waals surface area contributed by atoms with Crippen molar-refractivity contribution >= 4 is 0 Å². The third-order valence-corrected chi connectivity index (χ3v) is 1.99. The Morgan fingerprint density at radius 2 is 2.21 bits per heavy atom. The van der Waals surface area contributed by atoms with Crippen molar-refractivity contribution in [1.29, 1.82) is 0 Å². The third-order valence-electron chi connectivity index (χ3n) is 1.99. The molecule has 0 saturated heterocycles. The van der Waals surface area contributed by atoms with Gasteiger partial charge in [-0.25, -0.2) is 9.13 Å². The number of phenols is 1. The lowest BCUT2D eigenvalue weighted by Crippen LogP contribution is -2.23. The maximum atomic E-state index is 11.4. The molecule has 0 saturated carbocycles. The number of aryl methyl sites for hydroxylation is 1. The fraction of sp³-hybridized carbons (Fsp3) is 0.100. The summed E-state index contributed by atoms with van der Waals surface area (Å²) in [4.78, 5) is 0. The summed E-state index contributed by atoms with van der Waals surface area (Å²) in [7, 11) is 1.86. The van der Waals surface area contributed by atoms with Crippen molar-refractivity contribution in [3.63, 3.8) is 0 Å². The van der Waals surface area contributed by atoms with Crippen molar-refractivity contribution in [1.82, 2.24) is 4.57 Å². The van der Waals surface area contributed by atoms with E-state index in [1.807, 2.05) is 17.8 Å². The van der Waals surface area contributed by atoms with Crippen LogP contribution in [-0.4, -0.2) is 9.67 Å². The van der Waals surface area contributed by atoms with Gasteiger partial charge >= 0.3 is 0 Å². The van der Waals surface area contributed by atoms with Crippen LogP contribution in [0.5, 0.6) is 11.5 Å². The Kier molecular flexibility index (Phi) is 1.89. The molecule has 1 aromatic carbocycles. The smallest absolute Gasteiger partial charge is 0.248 e. The first-order valence-electron chi connectivity index (χ1n) is 4.20. The highest BCUT2D eigenvalue weighted by Gasteiger charge is 2.05. The molecule has 0 radical (unpaired) electrons. The molecule has 1 heterocycles. The van der Waals surface area contributed by atoms with E-state index >= 15 is 0 Å². The van der Waals surface area contributed by atoms with E-state index in [9.17, 15) is 10.2 Å². The second-order valence-electron chi connectivity index (χ2n) is 3.14. The van der Waals surface area contributed by atoms with Gasteiger partial charge in [0.1, 0.15) is 23.8 Å². The molecule has 0 spiro atoms. The van der Waals surface area contributed by atoms with E-state index in [4.69, 9.17) is 0 Å². The zero-order chi connectivity index (χ0) is 10.1. The molecule has 4 nitrogen and oxygen atoms in total. The number of aromatic nitrogens is 2. The van der Waals surface area contributed by atoms with Crippen LogP contribution < -0.4 is 9.67 Å². The van der Waals surface area contributed by atoms with Crippen molar-refractivity contribution < 1.29 is 14.8 Å². The number of imidazole rings is 1. The van der Waals surface area contributed by atoms with Crippen molar-refractivity contribution in [3.8, 4) is 17.2 Å². The molecule has 72 valence electrons. The number of rotatable bonds is 1. The largest absolute Gasteiger partial charge is 0.870 e. The third kappa shape index (κ3) is 1.42. The maximum Gasteiger partial charge on any atom is 0.248 e. The number of phenolic OH excluding ortho intramolecular Hbond substituents is 1. The van der Waals surface area contributed by atoms with E-state index in [1.165, 1.54) is 18.2 Å². The summed E-state index contributed by atoms with van der Waals surface area (Å²) in [6.45, 7) is 0. The van der Waals surface area contributed by atoms with Gasteiger partial charge in [-0.05, 0) is 6.07 Å². The zero-order valence-corrected chi connectivity index (χ0v) is 7.71. The molecule has 2 rings (SSSR count). The number of benzene rings is 1. The number of hydrogen-bond donors (Lipinski definition) is 1. The molecule has 0 aliphatic heterocycles. The van der Waals surface area contributed by atoms with Crippen molar-refractivity contribution in [3.05, 3.63) is 36.9 Å². The number of aromatic hydroxyl groups is 1. The second kappa shape index (κ2) is 3.06. The van der Waals surface area contributed by atoms with Gasteiger partial charge in [-0.15, -0.1) is 0 Å². The Morgan fingerprint density at radius 3 is 2.86 bits per heavy atom. The lowest BCUT2D eigenvalue weighted by molar-refractivity contribution is -0.670. The first kappa shape index (κ1) is 8.62. The zero-order valence-electron chi connectivity index (χ0n) is 7.71. The summed E-state index contributed by atoms with van der Waals surface area (Å²) < 4.78 is 3.49. The van der Waals surface area contributed by atoms with Gasteiger partial charge in [0, 0.05) is 6.07 Å². The Bertz CT molecular complexity index is 463. The molecule has 0 unspecified atom stereocenters. The molecule has 0 aliphatic carbocycles. The van der Waals surface area contributed by atoms with Crippen LogP contribution >= 0.6 is 0 Å². The fourth-order valence-corrected chi connectivity index (χ4v) is 1.30. The lowest BCUT2D eigenvalue weighted by Gasteiger charge is -2.09. The first-order valence-corrected chi connectivity index (χ1v) is 4.20. The van der Waals surface area contributed by atoms with E-state index in [0.717, 1.165) is 0 Å². The van der Waals surface area contributed by atoms with Gasteiger partial charge < -0.3 is 10.2 Å². The van der Waals surface area contributed by atoms with E-state index in [0.29, 0.717) is 5.69 Å². The number of nitrogens with zero attached hydrogens (tertiary/aromatic N) is 2. The molecule has 14 heavy (non-hydrogen) atoms. The topological polar surface area (TPSA) is 52.1 Å². The molecule has 0 fully saturated rings. The second-order valence-corrected chi connectivity index (χ2v) is 3.14. The van der Waals surface area contributed by atoms with Gasteiger partial charge in [0.15, 0.2) is 0 Å². The van der Waals surface area contributed by atoms with Gasteiger partial charge in [-0.3, -0.25) is 0 Å². The summed E-state index contributed by atoms with van der Waals surface area (Å²) in [5, 5.41) is 20.7. The number of hydrogen-bond acceptors (Lipinski definition) is 2. The highest BCUT2D eigenvalue weighted by molar-refractivity contribution is 5.48. The van der Waals surface area contributed by atoms with Crippen molar-refractivity contribution in [2.75, 3.05) is 0 Å². The molecule has 0 aliphatic rings. The molecule has 2 aromatic rings. The van der Waals surface area contributed by atoms with E-state index in [-0.39, 0.29) is 11.5 Å². The van der Waals surface area contributed by atoms with Crippen molar-refractivity contribution in [2.45, 2.75) is 0 Å².